The van der Waals surface area contributed by atoms with Crippen molar-refractivity contribution in [2.75, 3.05) is 17.7 Å². The molecule has 7 nitrogen and oxygen atoms in total. The fourth-order valence-corrected chi connectivity index (χ4v) is 3.39. The van der Waals surface area contributed by atoms with E-state index in [-0.39, 0.29) is 16.9 Å². The van der Waals surface area contributed by atoms with Crippen LogP contribution in [0.4, 0.5) is 15.8 Å². The third-order valence-corrected chi connectivity index (χ3v) is 5.05. The predicted molar refractivity (Wildman–Crippen MR) is 126 cm³/mol. The lowest BCUT2D eigenvalue weighted by atomic mass is 10.0. The van der Waals surface area contributed by atoms with Crippen LogP contribution in [-0.4, -0.2) is 17.5 Å². The van der Waals surface area contributed by atoms with E-state index in [9.17, 15) is 14.0 Å². The number of ether oxygens (including phenoxy) is 1. The SMILES string of the molecule is C=C(C#N)C(=O)Nc1ccc(Oc2c(C)cc(F)cc2C)c(-c2cc(NC)c(=O)n(C)c2)c1. The van der Waals surface area contributed by atoms with Crippen molar-refractivity contribution in [1.82, 2.24) is 4.57 Å². The number of pyridine rings is 1. The minimum Gasteiger partial charge on any atom is -0.456 e. The van der Waals surface area contributed by atoms with Crippen LogP contribution in [0.5, 0.6) is 11.5 Å². The van der Waals surface area contributed by atoms with Gasteiger partial charge in [0.05, 0.1) is 0 Å². The summed E-state index contributed by atoms with van der Waals surface area (Å²) in [5, 5.41) is 14.4. The number of anilines is 2. The number of hydrogen-bond acceptors (Lipinski definition) is 5. The van der Waals surface area contributed by atoms with Gasteiger partial charge in [0, 0.05) is 37.1 Å². The van der Waals surface area contributed by atoms with E-state index in [2.05, 4.69) is 17.2 Å². The molecule has 0 spiro atoms. The van der Waals surface area contributed by atoms with Crippen molar-refractivity contribution < 1.29 is 13.9 Å². The summed E-state index contributed by atoms with van der Waals surface area (Å²) in [5.74, 6) is -0.0413. The fourth-order valence-electron chi connectivity index (χ4n) is 3.39. The zero-order chi connectivity index (χ0) is 24.3. The van der Waals surface area contributed by atoms with Gasteiger partial charge in [-0.1, -0.05) is 6.58 Å². The highest BCUT2D eigenvalue weighted by Crippen LogP contribution is 2.38. The molecule has 3 rings (SSSR count). The van der Waals surface area contributed by atoms with Crippen molar-refractivity contribution in [3.8, 4) is 28.7 Å². The van der Waals surface area contributed by atoms with E-state index in [1.54, 1.807) is 64.5 Å². The number of nitriles is 1. The van der Waals surface area contributed by atoms with E-state index in [4.69, 9.17) is 10.00 Å². The number of carbonyl (C=O) groups is 1. The van der Waals surface area contributed by atoms with Crippen molar-refractivity contribution in [3.05, 3.63) is 82.0 Å². The molecule has 0 aliphatic carbocycles. The molecule has 0 unspecified atom stereocenters. The summed E-state index contributed by atoms with van der Waals surface area (Å²) in [5.41, 5.74) is 2.82. The van der Waals surface area contributed by atoms with Gasteiger partial charge in [-0.25, -0.2) is 4.39 Å². The maximum Gasteiger partial charge on any atom is 0.273 e. The van der Waals surface area contributed by atoms with Gasteiger partial charge in [-0.15, -0.1) is 0 Å². The second-order valence-electron chi connectivity index (χ2n) is 7.53. The molecule has 1 heterocycles. The number of halogens is 1. The van der Waals surface area contributed by atoms with Gasteiger partial charge >= 0.3 is 0 Å². The number of aryl methyl sites for hydroxylation is 3. The molecule has 0 radical (unpaired) electrons. The van der Waals surface area contributed by atoms with Crippen molar-refractivity contribution in [3.63, 3.8) is 0 Å². The first-order valence-corrected chi connectivity index (χ1v) is 10.0. The van der Waals surface area contributed by atoms with Crippen LogP contribution in [0.3, 0.4) is 0 Å². The molecular formula is C25H23FN4O3. The van der Waals surface area contributed by atoms with E-state index in [1.807, 2.05) is 0 Å². The van der Waals surface area contributed by atoms with Gasteiger partial charge in [-0.3, -0.25) is 9.59 Å². The standard InChI is InChI=1S/C25H23FN4O3/c1-14-8-18(26)9-15(2)23(14)33-22-7-6-19(29-24(31)16(3)12-27)11-20(22)17-10-21(28-4)25(32)30(5)13-17/h6-11,13,28H,3H2,1-2,4-5H3,(H,29,31). The molecular weight excluding hydrogens is 423 g/mol. The Morgan fingerprint density at radius 1 is 1.18 bits per heavy atom. The van der Waals surface area contributed by atoms with Gasteiger partial charge in [0.25, 0.3) is 11.5 Å². The number of nitrogens with zero attached hydrogens (tertiary/aromatic N) is 2. The lowest BCUT2D eigenvalue weighted by Crippen LogP contribution is -2.19. The average molecular weight is 446 g/mol. The highest BCUT2D eigenvalue weighted by Gasteiger charge is 2.16. The van der Waals surface area contributed by atoms with Gasteiger partial charge in [0.1, 0.15) is 34.6 Å². The van der Waals surface area contributed by atoms with E-state index >= 15 is 0 Å². The largest absolute Gasteiger partial charge is 0.456 e. The van der Waals surface area contributed by atoms with Gasteiger partial charge in [-0.05, 0) is 61.4 Å². The highest BCUT2D eigenvalue weighted by atomic mass is 19.1. The van der Waals surface area contributed by atoms with Crippen LogP contribution in [0.2, 0.25) is 0 Å². The van der Waals surface area contributed by atoms with Gasteiger partial charge in [0.15, 0.2) is 0 Å². The molecule has 0 saturated heterocycles. The predicted octanol–water partition coefficient (Wildman–Crippen LogP) is 4.66. The molecule has 0 fully saturated rings. The smallest absolute Gasteiger partial charge is 0.273 e. The number of aromatic nitrogens is 1. The maximum atomic E-state index is 13.8. The quantitative estimate of drug-likeness (QED) is 0.424. The Balaban J connectivity index is 2.17. The molecule has 1 amide bonds. The Morgan fingerprint density at radius 2 is 1.85 bits per heavy atom. The van der Waals surface area contributed by atoms with E-state index in [0.29, 0.717) is 45.1 Å². The highest BCUT2D eigenvalue weighted by molar-refractivity contribution is 6.06. The zero-order valence-corrected chi connectivity index (χ0v) is 18.7. The van der Waals surface area contributed by atoms with Crippen LogP contribution in [0, 0.1) is 31.0 Å². The molecule has 0 aliphatic heterocycles. The Labute approximate surface area is 190 Å². The van der Waals surface area contributed by atoms with Crippen molar-refractivity contribution >= 4 is 17.3 Å². The summed E-state index contributed by atoms with van der Waals surface area (Å²) in [4.78, 5) is 24.5. The number of nitrogens with one attached hydrogen (secondary N) is 2. The molecule has 2 aromatic carbocycles. The van der Waals surface area contributed by atoms with Gasteiger partial charge in [0.2, 0.25) is 0 Å². The third-order valence-electron chi connectivity index (χ3n) is 5.05. The van der Waals surface area contributed by atoms with Gasteiger partial charge < -0.3 is 19.9 Å². The summed E-state index contributed by atoms with van der Waals surface area (Å²) in [6.45, 7) is 6.92. The number of benzene rings is 2. The summed E-state index contributed by atoms with van der Waals surface area (Å²) in [6, 6.07) is 11.1. The number of amides is 1. The Morgan fingerprint density at radius 3 is 2.45 bits per heavy atom. The summed E-state index contributed by atoms with van der Waals surface area (Å²) < 4.78 is 21.4. The topological polar surface area (TPSA) is 96.2 Å². The summed E-state index contributed by atoms with van der Waals surface area (Å²) in [7, 11) is 3.28. The van der Waals surface area contributed by atoms with Crippen molar-refractivity contribution in [2.24, 2.45) is 7.05 Å². The molecule has 0 aliphatic rings. The normalized spacial score (nSPS) is 10.3. The van der Waals surface area contributed by atoms with E-state index in [1.165, 1.54) is 16.7 Å². The molecule has 1 aromatic heterocycles. The van der Waals surface area contributed by atoms with Crippen LogP contribution in [0.15, 0.2) is 59.5 Å². The molecule has 0 atom stereocenters. The fraction of sp³-hybridized carbons (Fsp3) is 0.160. The second kappa shape index (κ2) is 9.40. The van der Waals surface area contributed by atoms with Gasteiger partial charge in [-0.2, -0.15) is 5.26 Å². The van der Waals surface area contributed by atoms with E-state index < -0.39 is 5.91 Å². The average Bonchev–Trinajstić information content (AvgIpc) is 2.77. The third kappa shape index (κ3) is 4.93. The van der Waals surface area contributed by atoms with Crippen LogP contribution < -0.4 is 20.9 Å². The van der Waals surface area contributed by atoms with Crippen molar-refractivity contribution in [2.45, 2.75) is 13.8 Å². The Kier molecular flexibility index (Phi) is 6.64. The van der Waals surface area contributed by atoms with E-state index in [0.717, 1.165) is 0 Å². The molecule has 0 bridgehead atoms. The molecule has 2 N–H and O–H groups in total. The first kappa shape index (κ1) is 23.3. The monoisotopic (exact) mass is 446 g/mol. The zero-order valence-electron chi connectivity index (χ0n) is 18.7. The summed E-state index contributed by atoms with van der Waals surface area (Å²) in [6.07, 6.45) is 1.65. The van der Waals surface area contributed by atoms with Crippen LogP contribution in [0.25, 0.3) is 11.1 Å². The first-order valence-electron chi connectivity index (χ1n) is 10.0. The van der Waals surface area contributed by atoms with Crippen LogP contribution in [-0.2, 0) is 11.8 Å². The lowest BCUT2D eigenvalue weighted by Gasteiger charge is -2.17. The lowest BCUT2D eigenvalue weighted by molar-refractivity contribution is -0.112. The minimum absolute atomic E-state index is 0.205. The first-order chi connectivity index (χ1) is 15.6. The molecule has 0 saturated carbocycles. The Hall–Kier alpha value is -4.38. The van der Waals surface area contributed by atoms with Crippen LogP contribution in [0.1, 0.15) is 11.1 Å². The molecule has 3 aromatic rings. The van der Waals surface area contributed by atoms with Crippen LogP contribution >= 0.6 is 0 Å². The molecule has 168 valence electrons. The minimum atomic E-state index is -0.626. The molecule has 33 heavy (non-hydrogen) atoms. The number of rotatable bonds is 6. The Bertz CT molecular complexity index is 1350. The number of hydrogen-bond donors (Lipinski definition) is 2. The summed E-state index contributed by atoms with van der Waals surface area (Å²) >= 11 is 0. The number of carbonyl (C=O) groups excluding carboxylic acids is 1. The molecule has 8 heteroatoms. The maximum absolute atomic E-state index is 13.8. The van der Waals surface area contributed by atoms with Crippen molar-refractivity contribution in [1.29, 1.82) is 5.26 Å². The second-order valence-corrected chi connectivity index (χ2v) is 7.53.